The van der Waals surface area contributed by atoms with E-state index in [-0.39, 0.29) is 12.4 Å². The summed E-state index contributed by atoms with van der Waals surface area (Å²) in [5, 5.41) is 29.0. The molecule has 0 saturated carbocycles. The standard InChI is InChI=1S/C15H20O8/c1-20-12-10(17)11(18)15(21-2)23-13(12)14(19)22-7-8-3-5-9(16)6-4-8/h3-6,10-13,15-18H,7H2,1-2H3/t10-,11+,12+,13?,15-/m1/s1. The Balaban J connectivity index is 2.02. The number of rotatable bonds is 5. The monoisotopic (exact) mass is 328 g/mol. The van der Waals surface area contributed by atoms with Crippen molar-refractivity contribution in [3.63, 3.8) is 0 Å². The normalized spacial score (nSPS) is 30.9. The van der Waals surface area contributed by atoms with Gasteiger partial charge in [-0.1, -0.05) is 12.1 Å². The highest BCUT2D eigenvalue weighted by atomic mass is 16.7. The zero-order valence-corrected chi connectivity index (χ0v) is 12.8. The first-order chi connectivity index (χ1) is 11.0. The number of phenolic OH excluding ortho intramolecular Hbond substituents is 1. The molecule has 0 radical (unpaired) electrons. The predicted octanol–water partition coefficient (Wildman–Crippen LogP) is -0.457. The highest BCUT2D eigenvalue weighted by Crippen LogP contribution is 2.25. The van der Waals surface area contributed by atoms with Crippen LogP contribution in [0.1, 0.15) is 5.56 Å². The summed E-state index contributed by atoms with van der Waals surface area (Å²) in [7, 11) is 2.57. The summed E-state index contributed by atoms with van der Waals surface area (Å²) in [5.74, 6) is -0.645. The number of aliphatic hydroxyl groups is 2. The van der Waals surface area contributed by atoms with Crippen LogP contribution in [0.4, 0.5) is 0 Å². The Kier molecular flexibility index (Phi) is 5.91. The average molecular weight is 328 g/mol. The first-order valence-corrected chi connectivity index (χ1v) is 6.99. The molecule has 8 heteroatoms. The molecule has 1 heterocycles. The van der Waals surface area contributed by atoms with Crippen molar-refractivity contribution in [2.45, 2.75) is 37.3 Å². The number of benzene rings is 1. The quantitative estimate of drug-likeness (QED) is 0.622. The minimum Gasteiger partial charge on any atom is -0.508 e. The van der Waals surface area contributed by atoms with Crippen LogP contribution >= 0.6 is 0 Å². The van der Waals surface area contributed by atoms with Crippen LogP contribution < -0.4 is 0 Å². The highest BCUT2D eigenvalue weighted by molar-refractivity contribution is 5.75. The van der Waals surface area contributed by atoms with Crippen molar-refractivity contribution in [2.75, 3.05) is 14.2 Å². The van der Waals surface area contributed by atoms with Crippen LogP contribution in [0.2, 0.25) is 0 Å². The second kappa shape index (κ2) is 7.71. The van der Waals surface area contributed by atoms with E-state index in [1.54, 1.807) is 12.1 Å². The summed E-state index contributed by atoms with van der Waals surface area (Å²) < 4.78 is 20.4. The molecule has 1 aliphatic heterocycles. The van der Waals surface area contributed by atoms with Gasteiger partial charge in [0.2, 0.25) is 0 Å². The van der Waals surface area contributed by atoms with Crippen molar-refractivity contribution in [1.29, 1.82) is 0 Å². The minimum atomic E-state index is -1.36. The second-order valence-corrected chi connectivity index (χ2v) is 5.12. The van der Waals surface area contributed by atoms with Crippen molar-refractivity contribution in [3.05, 3.63) is 29.8 Å². The van der Waals surface area contributed by atoms with Gasteiger partial charge in [-0.3, -0.25) is 0 Å². The summed E-state index contributed by atoms with van der Waals surface area (Å²) >= 11 is 0. The maximum atomic E-state index is 12.2. The smallest absolute Gasteiger partial charge is 0.338 e. The summed E-state index contributed by atoms with van der Waals surface area (Å²) in [4.78, 5) is 12.2. The maximum Gasteiger partial charge on any atom is 0.338 e. The number of aliphatic hydroxyl groups excluding tert-OH is 2. The van der Waals surface area contributed by atoms with Gasteiger partial charge >= 0.3 is 5.97 Å². The van der Waals surface area contributed by atoms with Gasteiger partial charge in [0, 0.05) is 14.2 Å². The predicted molar refractivity (Wildman–Crippen MR) is 76.4 cm³/mol. The molecular formula is C15H20O8. The number of carbonyl (C=O) groups is 1. The van der Waals surface area contributed by atoms with Gasteiger partial charge in [-0.25, -0.2) is 4.79 Å². The van der Waals surface area contributed by atoms with Gasteiger partial charge < -0.3 is 34.3 Å². The number of hydrogen-bond acceptors (Lipinski definition) is 8. The van der Waals surface area contributed by atoms with Gasteiger partial charge in [0.1, 0.15) is 30.7 Å². The first kappa shape index (κ1) is 17.6. The fraction of sp³-hybridized carbons (Fsp3) is 0.533. The van der Waals surface area contributed by atoms with Gasteiger partial charge in [0.25, 0.3) is 0 Å². The van der Waals surface area contributed by atoms with E-state index in [9.17, 15) is 20.1 Å². The van der Waals surface area contributed by atoms with Crippen LogP contribution in [-0.4, -0.2) is 66.2 Å². The molecule has 0 amide bonds. The second-order valence-electron chi connectivity index (χ2n) is 5.12. The van der Waals surface area contributed by atoms with E-state index in [4.69, 9.17) is 18.9 Å². The SMILES string of the molecule is CO[C@@H]1OC(C(=O)OCc2ccc(O)cc2)[C@@H](OC)[C@H](O)[C@@H]1O. The van der Waals surface area contributed by atoms with Crippen LogP contribution in [0.25, 0.3) is 0 Å². The minimum absolute atomic E-state index is 0.0360. The Morgan fingerprint density at radius 1 is 1.13 bits per heavy atom. The summed E-state index contributed by atoms with van der Waals surface area (Å²) in [6, 6.07) is 6.15. The van der Waals surface area contributed by atoms with E-state index in [0.29, 0.717) is 5.56 Å². The van der Waals surface area contributed by atoms with Gasteiger partial charge in [-0.2, -0.15) is 0 Å². The summed E-state index contributed by atoms with van der Waals surface area (Å²) in [6.45, 7) is -0.0360. The zero-order chi connectivity index (χ0) is 17.0. The lowest BCUT2D eigenvalue weighted by atomic mass is 9.98. The fourth-order valence-electron chi connectivity index (χ4n) is 2.31. The molecule has 128 valence electrons. The van der Waals surface area contributed by atoms with E-state index >= 15 is 0 Å². The zero-order valence-electron chi connectivity index (χ0n) is 12.8. The van der Waals surface area contributed by atoms with Crippen LogP contribution in [0.3, 0.4) is 0 Å². The van der Waals surface area contributed by atoms with Crippen molar-refractivity contribution in [2.24, 2.45) is 0 Å². The number of hydrogen-bond donors (Lipinski definition) is 3. The lowest BCUT2D eigenvalue weighted by Crippen LogP contribution is -2.61. The molecule has 23 heavy (non-hydrogen) atoms. The molecule has 8 nitrogen and oxygen atoms in total. The Morgan fingerprint density at radius 3 is 2.35 bits per heavy atom. The highest BCUT2D eigenvalue weighted by Gasteiger charge is 2.48. The van der Waals surface area contributed by atoms with E-state index < -0.39 is 36.7 Å². The number of aromatic hydroxyl groups is 1. The summed E-state index contributed by atoms with van der Waals surface area (Å²) in [6.07, 6.45) is -6.18. The molecule has 1 aromatic rings. The van der Waals surface area contributed by atoms with Crippen molar-refractivity contribution < 1.29 is 39.1 Å². The van der Waals surface area contributed by atoms with E-state index in [0.717, 1.165) is 0 Å². The molecule has 1 aromatic carbocycles. The number of phenols is 1. The van der Waals surface area contributed by atoms with E-state index in [1.165, 1.54) is 26.4 Å². The van der Waals surface area contributed by atoms with E-state index in [1.807, 2.05) is 0 Å². The van der Waals surface area contributed by atoms with Crippen molar-refractivity contribution >= 4 is 5.97 Å². The number of methoxy groups -OCH3 is 2. The molecule has 3 N–H and O–H groups in total. The number of carbonyl (C=O) groups excluding carboxylic acids is 1. The first-order valence-electron chi connectivity index (χ1n) is 6.99. The lowest BCUT2D eigenvalue weighted by Gasteiger charge is -2.40. The Labute approximate surface area is 133 Å². The molecule has 0 bridgehead atoms. The van der Waals surface area contributed by atoms with Crippen molar-refractivity contribution in [3.8, 4) is 5.75 Å². The third-order valence-corrected chi connectivity index (χ3v) is 3.60. The van der Waals surface area contributed by atoms with Crippen molar-refractivity contribution in [1.82, 2.24) is 0 Å². The number of ether oxygens (including phenoxy) is 4. The molecule has 1 fully saturated rings. The molecule has 1 unspecified atom stereocenters. The Hall–Kier alpha value is -1.71. The third-order valence-electron chi connectivity index (χ3n) is 3.60. The topological polar surface area (TPSA) is 115 Å². The van der Waals surface area contributed by atoms with Gasteiger partial charge in [-0.15, -0.1) is 0 Å². The maximum absolute atomic E-state index is 12.2. The molecule has 5 atom stereocenters. The lowest BCUT2D eigenvalue weighted by molar-refractivity contribution is -0.292. The van der Waals surface area contributed by atoms with Gasteiger partial charge in [-0.05, 0) is 17.7 Å². The molecule has 1 aliphatic rings. The third kappa shape index (κ3) is 3.98. The Morgan fingerprint density at radius 2 is 1.78 bits per heavy atom. The molecular weight excluding hydrogens is 308 g/mol. The van der Waals surface area contributed by atoms with Crippen LogP contribution in [-0.2, 0) is 30.3 Å². The fourth-order valence-corrected chi connectivity index (χ4v) is 2.31. The molecule has 0 aromatic heterocycles. The molecule has 0 aliphatic carbocycles. The van der Waals surface area contributed by atoms with Crippen LogP contribution in [0.5, 0.6) is 5.75 Å². The van der Waals surface area contributed by atoms with E-state index in [2.05, 4.69) is 0 Å². The summed E-state index contributed by atoms with van der Waals surface area (Å²) in [5.41, 5.74) is 0.671. The average Bonchev–Trinajstić information content (AvgIpc) is 2.56. The van der Waals surface area contributed by atoms with Gasteiger partial charge in [0.15, 0.2) is 12.4 Å². The Bertz CT molecular complexity index is 517. The molecule has 2 rings (SSSR count). The largest absolute Gasteiger partial charge is 0.508 e. The molecule has 1 saturated heterocycles. The molecule has 0 spiro atoms. The van der Waals surface area contributed by atoms with Crippen LogP contribution in [0.15, 0.2) is 24.3 Å². The number of esters is 1. The van der Waals surface area contributed by atoms with Gasteiger partial charge in [0.05, 0.1) is 0 Å². The van der Waals surface area contributed by atoms with Crippen LogP contribution in [0, 0.1) is 0 Å².